The number of aromatic nitrogens is 5. The van der Waals surface area contributed by atoms with Crippen molar-refractivity contribution in [3.8, 4) is 0 Å². The normalized spacial score (nSPS) is 15.2. The third-order valence-electron chi connectivity index (χ3n) is 7.74. The van der Waals surface area contributed by atoms with Crippen molar-refractivity contribution in [1.29, 1.82) is 0 Å². The molecule has 1 aliphatic carbocycles. The molecule has 0 aliphatic heterocycles. The van der Waals surface area contributed by atoms with Gasteiger partial charge in [0.1, 0.15) is 0 Å². The first kappa shape index (κ1) is 25.3. The van der Waals surface area contributed by atoms with Crippen LogP contribution in [0.25, 0.3) is 10.9 Å². The van der Waals surface area contributed by atoms with E-state index in [-0.39, 0.29) is 11.6 Å². The Morgan fingerprint density at radius 1 is 1.03 bits per heavy atom. The van der Waals surface area contributed by atoms with Gasteiger partial charge in [-0.25, -0.2) is 4.68 Å². The summed E-state index contributed by atoms with van der Waals surface area (Å²) < 4.78 is 2.08. The highest BCUT2D eigenvalue weighted by atomic mass is 16.1. The predicted molar refractivity (Wildman–Crippen MR) is 147 cm³/mol. The molecule has 1 aliphatic rings. The molecule has 0 amide bonds. The summed E-state index contributed by atoms with van der Waals surface area (Å²) in [4.78, 5) is 18.9. The molecule has 194 valence electrons. The molecule has 0 bridgehead atoms. The largest absolute Gasteiger partial charge is 0.321 e. The second-order valence-corrected chi connectivity index (χ2v) is 10.8. The fraction of sp³-hybridized carbons (Fsp3) is 0.467. The Labute approximate surface area is 218 Å². The molecule has 4 aromatic rings. The number of hydrogen-bond acceptors (Lipinski definition) is 5. The average molecular weight is 499 g/mol. The lowest BCUT2D eigenvalue weighted by atomic mass is 10.0. The van der Waals surface area contributed by atoms with E-state index in [0.29, 0.717) is 19.1 Å². The quantitative estimate of drug-likeness (QED) is 0.302. The molecule has 1 fully saturated rings. The van der Waals surface area contributed by atoms with Crippen LogP contribution in [0.2, 0.25) is 0 Å². The second kappa shape index (κ2) is 11.0. The van der Waals surface area contributed by atoms with Crippen LogP contribution < -0.4 is 5.56 Å². The van der Waals surface area contributed by atoms with E-state index in [1.54, 1.807) is 0 Å². The van der Waals surface area contributed by atoms with Crippen LogP contribution in [0.1, 0.15) is 91.2 Å². The number of fused-ring (bicyclic) bond motifs is 1. The smallest absolute Gasteiger partial charge is 0.252 e. The SMILES string of the molecule is CCCC(c1nnnn1C1CCCC1)N(Cc1ccc(C)cc1)Cc1cc2cc(C)cc(C)c2[nH]c1=O. The molecule has 1 atom stereocenters. The van der Waals surface area contributed by atoms with Gasteiger partial charge in [-0.15, -0.1) is 5.10 Å². The number of nitrogens with zero attached hydrogens (tertiary/aromatic N) is 5. The highest BCUT2D eigenvalue weighted by Crippen LogP contribution is 2.34. The van der Waals surface area contributed by atoms with E-state index in [2.05, 4.69) is 100 Å². The van der Waals surface area contributed by atoms with E-state index in [0.717, 1.165) is 53.5 Å². The van der Waals surface area contributed by atoms with E-state index >= 15 is 0 Å². The average Bonchev–Trinajstić information content (AvgIpc) is 3.56. The van der Waals surface area contributed by atoms with Crippen LogP contribution in [0.5, 0.6) is 0 Å². The molecule has 37 heavy (non-hydrogen) atoms. The first-order valence-corrected chi connectivity index (χ1v) is 13.6. The fourth-order valence-corrected chi connectivity index (χ4v) is 5.85. The van der Waals surface area contributed by atoms with Crippen molar-refractivity contribution in [3.05, 3.63) is 86.5 Å². The summed E-state index contributed by atoms with van der Waals surface area (Å²) in [5, 5.41) is 14.2. The molecule has 2 aromatic carbocycles. The van der Waals surface area contributed by atoms with Gasteiger partial charge in [-0.2, -0.15) is 0 Å². The first-order chi connectivity index (χ1) is 17.9. The molecule has 0 spiro atoms. The number of pyridine rings is 1. The lowest BCUT2D eigenvalue weighted by molar-refractivity contribution is 0.153. The summed E-state index contributed by atoms with van der Waals surface area (Å²) in [5.74, 6) is 0.921. The number of aryl methyl sites for hydroxylation is 3. The van der Waals surface area contributed by atoms with Crippen molar-refractivity contribution in [3.63, 3.8) is 0 Å². The minimum Gasteiger partial charge on any atom is -0.321 e. The minimum absolute atomic E-state index is 0.0104. The summed E-state index contributed by atoms with van der Waals surface area (Å²) in [7, 11) is 0. The summed E-state index contributed by atoms with van der Waals surface area (Å²) >= 11 is 0. The van der Waals surface area contributed by atoms with E-state index in [1.807, 2.05) is 0 Å². The molecule has 7 heteroatoms. The van der Waals surface area contributed by atoms with Gasteiger partial charge in [0.2, 0.25) is 0 Å². The first-order valence-electron chi connectivity index (χ1n) is 13.6. The number of rotatable bonds is 9. The number of nitrogens with one attached hydrogen (secondary N) is 1. The third-order valence-corrected chi connectivity index (χ3v) is 7.74. The monoisotopic (exact) mass is 498 g/mol. The van der Waals surface area contributed by atoms with Crippen molar-refractivity contribution in [2.75, 3.05) is 0 Å². The number of H-pyrrole nitrogens is 1. The van der Waals surface area contributed by atoms with Crippen molar-refractivity contribution in [2.24, 2.45) is 0 Å². The topological polar surface area (TPSA) is 79.7 Å². The number of tetrazole rings is 1. The number of hydrogen-bond donors (Lipinski definition) is 1. The maximum absolute atomic E-state index is 13.3. The minimum atomic E-state index is -0.0287. The molecule has 1 saturated carbocycles. The van der Waals surface area contributed by atoms with Gasteiger partial charge < -0.3 is 4.98 Å². The molecule has 7 nitrogen and oxygen atoms in total. The van der Waals surface area contributed by atoms with Crippen molar-refractivity contribution in [1.82, 2.24) is 30.1 Å². The molecule has 5 rings (SSSR count). The van der Waals surface area contributed by atoms with Gasteiger partial charge in [-0.05, 0) is 79.1 Å². The van der Waals surface area contributed by atoms with Gasteiger partial charge >= 0.3 is 0 Å². The van der Waals surface area contributed by atoms with Crippen LogP contribution >= 0.6 is 0 Å². The van der Waals surface area contributed by atoms with Gasteiger partial charge in [-0.3, -0.25) is 9.69 Å². The summed E-state index contributed by atoms with van der Waals surface area (Å²) in [5.41, 5.74) is 6.40. The van der Waals surface area contributed by atoms with Crippen molar-refractivity contribution < 1.29 is 0 Å². The second-order valence-electron chi connectivity index (χ2n) is 10.8. The van der Waals surface area contributed by atoms with E-state index in [9.17, 15) is 4.79 Å². The summed E-state index contributed by atoms with van der Waals surface area (Å²) in [6.45, 7) is 9.70. The van der Waals surface area contributed by atoms with Crippen LogP contribution in [0.15, 0.2) is 47.3 Å². The Hall–Kier alpha value is -3.32. The molecule has 0 radical (unpaired) electrons. The van der Waals surface area contributed by atoms with Gasteiger partial charge in [-0.1, -0.05) is 67.6 Å². The molecule has 2 heterocycles. The highest BCUT2D eigenvalue weighted by molar-refractivity contribution is 5.82. The Bertz CT molecular complexity index is 1410. The van der Waals surface area contributed by atoms with E-state index < -0.39 is 0 Å². The number of aromatic amines is 1. The summed E-state index contributed by atoms with van der Waals surface area (Å²) in [6.07, 6.45) is 6.61. The van der Waals surface area contributed by atoms with E-state index in [1.165, 1.54) is 29.5 Å². The lowest BCUT2D eigenvalue weighted by Gasteiger charge is -2.31. The molecule has 0 saturated heterocycles. The molecular weight excluding hydrogens is 460 g/mol. The number of benzene rings is 2. The lowest BCUT2D eigenvalue weighted by Crippen LogP contribution is -2.33. The highest BCUT2D eigenvalue weighted by Gasteiger charge is 2.30. The Kier molecular flexibility index (Phi) is 7.51. The Morgan fingerprint density at radius 2 is 1.78 bits per heavy atom. The van der Waals surface area contributed by atoms with Crippen LogP contribution in [0, 0.1) is 20.8 Å². The molecule has 1 unspecified atom stereocenters. The molecule has 2 aromatic heterocycles. The zero-order chi connectivity index (χ0) is 25.9. The van der Waals surface area contributed by atoms with Gasteiger partial charge in [0.15, 0.2) is 5.82 Å². The van der Waals surface area contributed by atoms with Crippen molar-refractivity contribution >= 4 is 10.9 Å². The maximum atomic E-state index is 13.3. The standard InChI is InChI=1S/C30H38N6O/c1-5-8-27(29-32-33-34-36(29)26-9-6-7-10-26)35(18-23-13-11-20(2)12-14-23)19-25-17-24-16-21(3)15-22(4)28(24)31-30(25)37/h11-17,26-27H,5-10,18-19H2,1-4H3,(H,31,37). The van der Waals surface area contributed by atoms with Crippen LogP contribution in [0.3, 0.4) is 0 Å². The van der Waals surface area contributed by atoms with Crippen molar-refractivity contribution in [2.45, 2.75) is 91.4 Å². The maximum Gasteiger partial charge on any atom is 0.252 e. The fourth-order valence-electron chi connectivity index (χ4n) is 5.85. The zero-order valence-electron chi connectivity index (χ0n) is 22.5. The van der Waals surface area contributed by atoms with E-state index in [4.69, 9.17) is 0 Å². The zero-order valence-corrected chi connectivity index (χ0v) is 22.5. The summed E-state index contributed by atoms with van der Waals surface area (Å²) in [6, 6.07) is 15.4. The predicted octanol–water partition coefficient (Wildman–Crippen LogP) is 6.10. The van der Waals surface area contributed by atoms with Gasteiger partial charge in [0.05, 0.1) is 17.6 Å². The Morgan fingerprint density at radius 3 is 2.51 bits per heavy atom. The van der Waals surface area contributed by atoms with Crippen LogP contribution in [-0.4, -0.2) is 30.1 Å². The van der Waals surface area contributed by atoms with Crippen LogP contribution in [0.4, 0.5) is 0 Å². The molecular formula is C30H38N6O. The van der Waals surface area contributed by atoms with Gasteiger partial charge in [0.25, 0.3) is 5.56 Å². The third kappa shape index (κ3) is 5.52. The van der Waals surface area contributed by atoms with Crippen LogP contribution in [-0.2, 0) is 13.1 Å². The van der Waals surface area contributed by atoms with Gasteiger partial charge in [0, 0.05) is 18.7 Å². The molecule has 1 N–H and O–H groups in total. The Balaban J connectivity index is 1.56.